The summed E-state index contributed by atoms with van der Waals surface area (Å²) in [6.07, 6.45) is 0.622. The zero-order valence-corrected chi connectivity index (χ0v) is 28.4. The van der Waals surface area contributed by atoms with Crippen molar-refractivity contribution in [2.75, 3.05) is 13.2 Å². The molecule has 0 N–H and O–H groups in total. The molecule has 252 valence electrons. The largest absolute Gasteiger partial charge is 0.465 e. The smallest absolute Gasteiger partial charge is 0.333 e. The van der Waals surface area contributed by atoms with Crippen molar-refractivity contribution in [3.63, 3.8) is 0 Å². The van der Waals surface area contributed by atoms with Crippen LogP contribution in [0.2, 0.25) is 0 Å². The van der Waals surface area contributed by atoms with Crippen molar-refractivity contribution in [2.24, 2.45) is 17.3 Å². The number of carbonyl (C=O) groups is 4. The number of hydrogen-bond acceptors (Lipinski definition) is 6. The summed E-state index contributed by atoms with van der Waals surface area (Å²) in [7, 11) is 0. The molecule has 0 heterocycles. The fraction of sp³-hybridized carbons (Fsp3) is 0.273. The predicted molar refractivity (Wildman–Crippen MR) is 191 cm³/mol. The highest BCUT2D eigenvalue weighted by molar-refractivity contribution is 6.05. The van der Waals surface area contributed by atoms with E-state index in [4.69, 9.17) is 9.47 Å². The van der Waals surface area contributed by atoms with Gasteiger partial charge in [-0.2, -0.15) is 0 Å². The van der Waals surface area contributed by atoms with E-state index in [9.17, 15) is 14.4 Å². The van der Waals surface area contributed by atoms with Gasteiger partial charge in [0.1, 0.15) is 5.41 Å². The van der Waals surface area contributed by atoms with Crippen LogP contribution in [-0.4, -0.2) is 36.7 Å². The van der Waals surface area contributed by atoms with Gasteiger partial charge in [0.15, 0.2) is 11.6 Å². The lowest BCUT2D eigenvalue weighted by molar-refractivity contribution is -0.155. The molecule has 4 aromatic carbocycles. The van der Waals surface area contributed by atoms with Crippen LogP contribution in [0.3, 0.4) is 0 Å². The van der Waals surface area contributed by atoms with E-state index in [0.717, 1.165) is 16.7 Å². The van der Waals surface area contributed by atoms with Crippen molar-refractivity contribution >= 4 is 29.1 Å². The van der Waals surface area contributed by atoms with Gasteiger partial charge in [0.2, 0.25) is 0 Å². The average Bonchev–Trinajstić information content (AvgIpc) is 3.78. The van der Waals surface area contributed by atoms with Gasteiger partial charge >= 0.3 is 11.9 Å². The summed E-state index contributed by atoms with van der Waals surface area (Å²) in [5, 5.41) is 0. The maximum atomic E-state index is 15.2. The van der Waals surface area contributed by atoms with Crippen molar-refractivity contribution in [1.29, 1.82) is 0 Å². The number of benzene rings is 4. The first-order chi connectivity index (χ1) is 24.4. The molecule has 2 bridgehead atoms. The van der Waals surface area contributed by atoms with Gasteiger partial charge in [-0.15, -0.1) is 0 Å². The number of rotatable bonds is 12. The highest BCUT2D eigenvalue weighted by Gasteiger charge is 2.77. The summed E-state index contributed by atoms with van der Waals surface area (Å²) in [5.74, 6) is -1.68. The minimum Gasteiger partial charge on any atom is -0.465 e. The van der Waals surface area contributed by atoms with Gasteiger partial charge in [0.25, 0.3) is 0 Å². The first-order valence-corrected chi connectivity index (χ1v) is 17.5. The van der Waals surface area contributed by atoms with E-state index >= 15 is 4.79 Å². The standard InChI is InChI=1S/C44H40O6/c1-3-49-41(47)33-25-35-34-28-43(42(48)50-4-2,37(40(34)31-21-13-7-14-22-31)27-39(46)30-19-11-6-12-20-30)44(35,32-23-15-8-16-24-32)36(33)26-38(45)29-17-9-5-10-18-29/h5-24,34-35H,3-4,25-28H2,1-2H3/t34-,35+,43-,44-/m1/s1. The van der Waals surface area contributed by atoms with Gasteiger partial charge < -0.3 is 9.47 Å². The molecule has 4 aromatic rings. The van der Waals surface area contributed by atoms with E-state index in [-0.39, 0.29) is 49.5 Å². The zero-order valence-electron chi connectivity index (χ0n) is 28.4. The van der Waals surface area contributed by atoms with Crippen molar-refractivity contribution in [1.82, 2.24) is 0 Å². The van der Waals surface area contributed by atoms with E-state index in [1.165, 1.54) is 0 Å². The summed E-state index contributed by atoms with van der Waals surface area (Å²) in [5.41, 5.74) is 2.99. The Balaban J connectivity index is 1.55. The van der Waals surface area contributed by atoms with Crippen LogP contribution in [0.5, 0.6) is 0 Å². The maximum Gasteiger partial charge on any atom is 0.333 e. The molecule has 1 fully saturated rings. The molecule has 0 aliphatic heterocycles. The van der Waals surface area contributed by atoms with Crippen molar-refractivity contribution in [2.45, 2.75) is 44.9 Å². The van der Waals surface area contributed by atoms with Crippen LogP contribution in [-0.2, 0) is 24.5 Å². The Kier molecular flexibility index (Phi) is 8.96. The molecule has 0 spiro atoms. The summed E-state index contributed by atoms with van der Waals surface area (Å²) >= 11 is 0. The number of hydrogen-bond donors (Lipinski definition) is 0. The molecule has 3 aliphatic rings. The fourth-order valence-electron chi connectivity index (χ4n) is 9.38. The van der Waals surface area contributed by atoms with Crippen LogP contribution in [0.1, 0.15) is 71.4 Å². The molecule has 0 saturated heterocycles. The minimum absolute atomic E-state index is 0.0144. The van der Waals surface area contributed by atoms with Crippen LogP contribution < -0.4 is 0 Å². The van der Waals surface area contributed by atoms with Crippen LogP contribution >= 0.6 is 0 Å². The third-order valence-electron chi connectivity index (χ3n) is 11.0. The molecule has 6 nitrogen and oxygen atoms in total. The second kappa shape index (κ2) is 13.5. The second-order valence-corrected chi connectivity index (χ2v) is 13.3. The third-order valence-corrected chi connectivity index (χ3v) is 11.0. The summed E-state index contributed by atoms with van der Waals surface area (Å²) in [6, 6.07) is 37.9. The number of carbonyl (C=O) groups excluding carboxylic acids is 4. The lowest BCUT2D eigenvalue weighted by Gasteiger charge is -2.50. The third kappa shape index (κ3) is 5.08. The topological polar surface area (TPSA) is 86.7 Å². The van der Waals surface area contributed by atoms with E-state index in [1.807, 2.05) is 97.1 Å². The lowest BCUT2D eigenvalue weighted by atomic mass is 9.50. The molecule has 7 rings (SSSR count). The SMILES string of the molecule is CCOC(=O)C1=C(CC(=O)c2ccccc2)[C@@]2(c3ccccc3)[C@@H](C1)[C@H]1C[C@]2(C(=O)OCC)C(CC(=O)c2ccccc2)=C1c1ccccc1. The van der Waals surface area contributed by atoms with E-state index in [0.29, 0.717) is 40.7 Å². The Morgan fingerprint density at radius 1 is 0.640 bits per heavy atom. The Morgan fingerprint density at radius 2 is 1.14 bits per heavy atom. The molecule has 4 atom stereocenters. The molecular weight excluding hydrogens is 624 g/mol. The van der Waals surface area contributed by atoms with Gasteiger partial charge in [-0.25, -0.2) is 4.79 Å². The summed E-state index contributed by atoms with van der Waals surface area (Å²) in [4.78, 5) is 57.7. The van der Waals surface area contributed by atoms with Crippen molar-refractivity contribution in [3.05, 3.63) is 160 Å². The van der Waals surface area contributed by atoms with Crippen molar-refractivity contribution in [3.8, 4) is 0 Å². The molecule has 0 radical (unpaired) electrons. The average molecular weight is 665 g/mol. The molecule has 3 aliphatic carbocycles. The quantitative estimate of drug-likeness (QED) is 0.112. The molecule has 0 aromatic heterocycles. The summed E-state index contributed by atoms with van der Waals surface area (Å²) in [6.45, 7) is 3.85. The van der Waals surface area contributed by atoms with Gasteiger partial charge in [-0.1, -0.05) is 121 Å². The molecule has 0 unspecified atom stereocenters. The number of fused-ring (bicyclic) bond motifs is 5. The van der Waals surface area contributed by atoms with Crippen LogP contribution in [0.4, 0.5) is 0 Å². The monoisotopic (exact) mass is 664 g/mol. The maximum absolute atomic E-state index is 15.2. The Hall–Kier alpha value is -5.36. The Bertz CT molecular complexity index is 2000. The van der Waals surface area contributed by atoms with Crippen LogP contribution in [0.25, 0.3) is 5.57 Å². The van der Waals surface area contributed by atoms with Gasteiger partial charge in [0.05, 0.1) is 13.2 Å². The Morgan fingerprint density at radius 3 is 1.68 bits per heavy atom. The van der Waals surface area contributed by atoms with Gasteiger partial charge in [-0.3, -0.25) is 14.4 Å². The van der Waals surface area contributed by atoms with E-state index in [1.54, 1.807) is 38.1 Å². The molecule has 0 amide bonds. The summed E-state index contributed by atoms with van der Waals surface area (Å²) < 4.78 is 11.8. The Labute approximate surface area is 292 Å². The number of Topliss-reactive ketones (excluding diaryl/α,β-unsaturated/α-hetero) is 2. The van der Waals surface area contributed by atoms with Crippen LogP contribution in [0.15, 0.2) is 138 Å². The van der Waals surface area contributed by atoms with Crippen LogP contribution in [0, 0.1) is 17.3 Å². The van der Waals surface area contributed by atoms with E-state index in [2.05, 4.69) is 0 Å². The minimum atomic E-state index is -1.38. The number of ether oxygens (including phenoxy) is 2. The molecular formula is C44H40O6. The second-order valence-electron chi connectivity index (χ2n) is 13.3. The molecule has 6 heteroatoms. The zero-order chi connectivity index (χ0) is 34.9. The molecule has 1 saturated carbocycles. The number of allylic oxidation sites excluding steroid dienone is 2. The predicted octanol–water partition coefficient (Wildman–Crippen LogP) is 8.39. The first-order valence-electron chi connectivity index (χ1n) is 17.5. The fourth-order valence-corrected chi connectivity index (χ4v) is 9.38. The number of esters is 2. The highest BCUT2D eigenvalue weighted by atomic mass is 16.5. The normalized spacial score (nSPS) is 23.5. The molecule has 50 heavy (non-hydrogen) atoms. The van der Waals surface area contributed by atoms with Crippen molar-refractivity contribution < 1.29 is 28.7 Å². The number of ketones is 2. The highest BCUT2D eigenvalue weighted by Crippen LogP contribution is 2.78. The van der Waals surface area contributed by atoms with Gasteiger partial charge in [0, 0.05) is 35.0 Å². The lowest BCUT2D eigenvalue weighted by Crippen LogP contribution is -2.53. The van der Waals surface area contributed by atoms with E-state index < -0.39 is 22.8 Å². The van der Waals surface area contributed by atoms with Gasteiger partial charge in [-0.05, 0) is 66.4 Å². The first kappa shape index (κ1) is 33.2.